The molecule has 2 aromatic rings. The molecule has 5 rings (SSSR count). The van der Waals surface area contributed by atoms with Gasteiger partial charge in [-0.2, -0.15) is 5.26 Å². The van der Waals surface area contributed by atoms with Crippen LogP contribution in [0.15, 0.2) is 24.4 Å². The van der Waals surface area contributed by atoms with E-state index in [-0.39, 0.29) is 24.3 Å². The molecule has 2 amide bonds. The van der Waals surface area contributed by atoms with Gasteiger partial charge >= 0.3 is 6.09 Å². The number of nitrogens with zero attached hydrogens (tertiary/aromatic N) is 4. The third kappa shape index (κ3) is 4.57. The number of carbonyl (C=O) groups is 2. The lowest BCUT2D eigenvalue weighted by molar-refractivity contribution is -0.128. The SMILES string of the molecule is CC(C)(C)OC(=O)N1[C@@H]2CC[C@@H](C2)[C@H]1C(=O)N[C@H](C#N)Cc1ccc(-c2cnc3n2CCC3)cc1F. The number of ether oxygens (including phenoxy) is 1. The van der Waals surface area contributed by atoms with E-state index in [0.717, 1.165) is 55.7 Å². The fourth-order valence-electron chi connectivity index (χ4n) is 5.87. The van der Waals surface area contributed by atoms with Crippen molar-refractivity contribution in [1.82, 2.24) is 19.8 Å². The molecule has 2 bridgehead atoms. The molecule has 1 saturated heterocycles. The summed E-state index contributed by atoms with van der Waals surface area (Å²) in [5, 5.41) is 12.5. The summed E-state index contributed by atoms with van der Waals surface area (Å²) < 4.78 is 22.7. The number of imidazole rings is 1. The van der Waals surface area contributed by atoms with Gasteiger partial charge in [0.1, 0.15) is 29.3 Å². The van der Waals surface area contributed by atoms with Crippen LogP contribution in [0, 0.1) is 23.1 Å². The summed E-state index contributed by atoms with van der Waals surface area (Å²) in [6.07, 6.45) is 5.71. The van der Waals surface area contributed by atoms with Gasteiger partial charge in [-0.3, -0.25) is 9.69 Å². The van der Waals surface area contributed by atoms with Crippen LogP contribution in [-0.2, 0) is 28.9 Å². The standard InChI is InChI=1S/C27H32FN5O3/c1-27(2,3)36-26(35)33-20-9-8-18(12-20)24(33)25(34)31-19(14-29)11-16-6-7-17(13-21(16)28)22-15-30-23-5-4-10-32(22)23/h6-7,13,15,18-20,24H,4-5,8-12H2,1-3H3,(H,31,34)/t18-,19-,20+,24-/m0/s1. The maximum absolute atomic E-state index is 15.1. The van der Waals surface area contributed by atoms with Crippen LogP contribution in [0.25, 0.3) is 11.3 Å². The van der Waals surface area contributed by atoms with Crippen molar-refractivity contribution >= 4 is 12.0 Å². The molecule has 0 unspecified atom stereocenters. The largest absolute Gasteiger partial charge is 0.444 e. The summed E-state index contributed by atoms with van der Waals surface area (Å²) in [7, 11) is 0. The number of fused-ring (bicyclic) bond motifs is 3. The Morgan fingerprint density at radius 2 is 2.14 bits per heavy atom. The number of aryl methyl sites for hydroxylation is 1. The molecular weight excluding hydrogens is 461 g/mol. The first-order valence-corrected chi connectivity index (χ1v) is 12.7. The van der Waals surface area contributed by atoms with Crippen molar-refractivity contribution in [3.05, 3.63) is 41.6 Å². The highest BCUT2D eigenvalue weighted by atomic mass is 19.1. The molecule has 3 aliphatic rings. The van der Waals surface area contributed by atoms with Crippen LogP contribution in [0.1, 0.15) is 57.8 Å². The van der Waals surface area contributed by atoms with Crippen LogP contribution in [0.4, 0.5) is 9.18 Å². The summed E-state index contributed by atoms with van der Waals surface area (Å²) in [5.41, 5.74) is 1.31. The minimum Gasteiger partial charge on any atom is -0.444 e. The molecule has 36 heavy (non-hydrogen) atoms. The van der Waals surface area contributed by atoms with E-state index in [2.05, 4.69) is 20.9 Å². The van der Waals surface area contributed by atoms with Gasteiger partial charge in [-0.1, -0.05) is 12.1 Å². The van der Waals surface area contributed by atoms with Crippen molar-refractivity contribution in [1.29, 1.82) is 5.26 Å². The third-order valence-corrected chi connectivity index (χ3v) is 7.42. The number of carbonyl (C=O) groups excluding carboxylic acids is 2. The van der Waals surface area contributed by atoms with Crippen molar-refractivity contribution in [3.8, 4) is 17.3 Å². The quantitative estimate of drug-likeness (QED) is 0.679. The number of hydrogen-bond donors (Lipinski definition) is 1. The Balaban J connectivity index is 1.28. The fraction of sp³-hybridized carbons (Fsp3) is 0.556. The zero-order valence-corrected chi connectivity index (χ0v) is 21.0. The molecule has 8 nitrogen and oxygen atoms in total. The summed E-state index contributed by atoms with van der Waals surface area (Å²) in [4.78, 5) is 32.1. The Hall–Kier alpha value is -3.41. The van der Waals surface area contributed by atoms with Crippen LogP contribution in [0.5, 0.6) is 0 Å². The number of aromatic nitrogens is 2. The molecule has 1 aromatic carbocycles. The first-order chi connectivity index (χ1) is 17.1. The normalized spacial score (nSPS) is 23.3. The second-order valence-electron chi connectivity index (χ2n) is 11.1. The molecule has 2 fully saturated rings. The maximum Gasteiger partial charge on any atom is 0.411 e. The molecule has 0 spiro atoms. The van der Waals surface area contributed by atoms with Gasteiger partial charge in [0, 0.05) is 31.0 Å². The predicted octanol–water partition coefficient (Wildman–Crippen LogP) is 3.97. The van der Waals surface area contributed by atoms with E-state index >= 15 is 4.39 Å². The number of benzene rings is 1. The van der Waals surface area contributed by atoms with E-state index in [4.69, 9.17) is 4.74 Å². The van der Waals surface area contributed by atoms with Crippen molar-refractivity contribution in [2.45, 2.75) is 89.6 Å². The predicted molar refractivity (Wildman–Crippen MR) is 130 cm³/mol. The lowest BCUT2D eigenvalue weighted by Crippen LogP contribution is -2.55. The number of likely N-dealkylation sites (tertiary alicyclic amines) is 1. The van der Waals surface area contributed by atoms with Gasteiger partial charge in [0.25, 0.3) is 0 Å². The highest BCUT2D eigenvalue weighted by Crippen LogP contribution is 2.43. The maximum atomic E-state index is 15.1. The van der Waals surface area contributed by atoms with Gasteiger partial charge < -0.3 is 14.6 Å². The highest BCUT2D eigenvalue weighted by Gasteiger charge is 2.52. The average molecular weight is 494 g/mol. The molecule has 1 aromatic heterocycles. The monoisotopic (exact) mass is 493 g/mol. The summed E-state index contributed by atoms with van der Waals surface area (Å²) in [6, 6.07) is 5.43. The number of halogens is 1. The van der Waals surface area contributed by atoms with Gasteiger partial charge in [0.05, 0.1) is 18.0 Å². The molecule has 1 N–H and O–H groups in total. The molecular formula is C27H32FN5O3. The fourth-order valence-corrected chi connectivity index (χ4v) is 5.87. The number of nitriles is 1. The van der Waals surface area contributed by atoms with Crippen molar-refractivity contribution in [3.63, 3.8) is 0 Å². The number of rotatable bonds is 5. The molecule has 0 radical (unpaired) electrons. The van der Waals surface area contributed by atoms with E-state index in [1.165, 1.54) is 6.07 Å². The van der Waals surface area contributed by atoms with Gasteiger partial charge in [0.15, 0.2) is 0 Å². The average Bonchev–Trinajstić information content (AvgIpc) is 3.59. The van der Waals surface area contributed by atoms with Crippen molar-refractivity contribution < 1.29 is 18.7 Å². The first-order valence-electron chi connectivity index (χ1n) is 12.7. The van der Waals surface area contributed by atoms with Crippen LogP contribution < -0.4 is 5.32 Å². The molecule has 4 atom stereocenters. The Morgan fingerprint density at radius 3 is 2.86 bits per heavy atom. The van der Waals surface area contributed by atoms with Crippen molar-refractivity contribution in [2.24, 2.45) is 5.92 Å². The van der Waals surface area contributed by atoms with Crippen LogP contribution in [0.2, 0.25) is 0 Å². The summed E-state index contributed by atoms with van der Waals surface area (Å²) in [6.45, 7) is 6.25. The second-order valence-corrected chi connectivity index (χ2v) is 11.1. The molecule has 190 valence electrons. The zero-order chi connectivity index (χ0) is 25.6. The lowest BCUT2D eigenvalue weighted by atomic mass is 9.97. The Kier molecular flexibility index (Phi) is 6.23. The smallest absolute Gasteiger partial charge is 0.411 e. The lowest BCUT2D eigenvalue weighted by Gasteiger charge is -2.35. The molecule has 1 aliphatic carbocycles. The van der Waals surface area contributed by atoms with E-state index in [9.17, 15) is 14.9 Å². The van der Waals surface area contributed by atoms with Crippen LogP contribution in [-0.4, -0.2) is 50.2 Å². The first kappa shape index (κ1) is 24.3. The van der Waals surface area contributed by atoms with Gasteiger partial charge in [-0.05, 0) is 64.0 Å². The molecule has 2 aliphatic heterocycles. The molecule has 9 heteroatoms. The number of piperidine rings is 1. The van der Waals surface area contributed by atoms with Crippen LogP contribution in [0.3, 0.4) is 0 Å². The number of hydrogen-bond acceptors (Lipinski definition) is 5. The van der Waals surface area contributed by atoms with E-state index in [1.54, 1.807) is 37.9 Å². The van der Waals surface area contributed by atoms with Crippen molar-refractivity contribution in [2.75, 3.05) is 0 Å². The zero-order valence-electron chi connectivity index (χ0n) is 21.0. The van der Waals surface area contributed by atoms with Crippen LogP contribution >= 0.6 is 0 Å². The highest BCUT2D eigenvalue weighted by molar-refractivity contribution is 5.87. The molecule has 1 saturated carbocycles. The third-order valence-electron chi connectivity index (χ3n) is 7.42. The van der Waals surface area contributed by atoms with E-state index in [1.807, 2.05) is 6.07 Å². The van der Waals surface area contributed by atoms with E-state index < -0.39 is 29.6 Å². The Bertz CT molecular complexity index is 1230. The number of amides is 2. The summed E-state index contributed by atoms with van der Waals surface area (Å²) >= 11 is 0. The molecule has 3 heterocycles. The second kappa shape index (κ2) is 9.23. The minimum atomic E-state index is -0.920. The van der Waals surface area contributed by atoms with E-state index in [0.29, 0.717) is 5.56 Å². The number of nitrogens with one attached hydrogen (secondary N) is 1. The van der Waals surface area contributed by atoms with Gasteiger partial charge in [-0.25, -0.2) is 14.2 Å². The minimum absolute atomic E-state index is 0.0314. The van der Waals surface area contributed by atoms with Gasteiger partial charge in [-0.15, -0.1) is 0 Å². The topological polar surface area (TPSA) is 100 Å². The Morgan fingerprint density at radius 1 is 1.33 bits per heavy atom. The Labute approximate surface area is 210 Å². The summed E-state index contributed by atoms with van der Waals surface area (Å²) in [5.74, 6) is 0.246. The van der Waals surface area contributed by atoms with Gasteiger partial charge in [0.2, 0.25) is 5.91 Å².